The van der Waals surface area contributed by atoms with Crippen LogP contribution >= 0.6 is 11.3 Å². The van der Waals surface area contributed by atoms with E-state index in [1.54, 1.807) is 42.5 Å². The second-order valence-corrected chi connectivity index (χ2v) is 7.93. The number of carbonyl (C=O) groups is 2. The number of benzene rings is 2. The van der Waals surface area contributed by atoms with Crippen LogP contribution in [0.3, 0.4) is 0 Å². The number of methoxy groups -OCH3 is 2. The fourth-order valence-corrected chi connectivity index (χ4v) is 3.51. The number of hydrogen-bond acceptors (Lipinski definition) is 9. The van der Waals surface area contributed by atoms with Crippen LogP contribution in [-0.2, 0) is 22.6 Å². The average Bonchev–Trinajstić information content (AvgIpc) is 3.33. The molecule has 1 heterocycles. The summed E-state index contributed by atoms with van der Waals surface area (Å²) in [5, 5.41) is 21.0. The van der Waals surface area contributed by atoms with Gasteiger partial charge >= 0.3 is 5.97 Å². The quantitative estimate of drug-likeness (QED) is 0.278. The van der Waals surface area contributed by atoms with Crippen molar-refractivity contribution >= 4 is 34.4 Å². The van der Waals surface area contributed by atoms with E-state index in [-0.39, 0.29) is 12.2 Å². The number of esters is 1. The van der Waals surface area contributed by atoms with Gasteiger partial charge in [-0.05, 0) is 47.9 Å². The van der Waals surface area contributed by atoms with E-state index in [0.717, 1.165) is 10.6 Å². The molecule has 10 heteroatoms. The number of nitriles is 1. The molecule has 0 aliphatic heterocycles. The lowest BCUT2D eigenvalue weighted by molar-refractivity contribution is -0.112. The SMILES string of the molecule is CCc1nnc(NC(=O)/C(C#N)=C/c2ccc(OCc3ccc(C(=O)OC)cc3)c(OC)c2)s1. The molecule has 0 aliphatic carbocycles. The van der Waals surface area contributed by atoms with Crippen molar-refractivity contribution < 1.29 is 23.8 Å². The maximum Gasteiger partial charge on any atom is 0.337 e. The summed E-state index contributed by atoms with van der Waals surface area (Å²) in [7, 11) is 2.83. The number of nitrogens with one attached hydrogen (secondary N) is 1. The Hall–Kier alpha value is -4.23. The van der Waals surface area contributed by atoms with Gasteiger partial charge in [0.15, 0.2) is 11.5 Å². The van der Waals surface area contributed by atoms with E-state index in [0.29, 0.717) is 34.2 Å². The molecule has 1 amide bonds. The number of carbonyl (C=O) groups excluding carboxylic acids is 2. The molecule has 174 valence electrons. The molecular weight excluding hydrogens is 456 g/mol. The van der Waals surface area contributed by atoms with Crippen molar-refractivity contribution in [2.75, 3.05) is 19.5 Å². The Labute approximate surface area is 200 Å². The molecule has 3 aromatic rings. The van der Waals surface area contributed by atoms with E-state index in [9.17, 15) is 14.9 Å². The zero-order chi connectivity index (χ0) is 24.5. The summed E-state index contributed by atoms with van der Waals surface area (Å²) < 4.78 is 15.9. The van der Waals surface area contributed by atoms with E-state index in [1.807, 2.05) is 13.0 Å². The zero-order valence-electron chi connectivity index (χ0n) is 18.8. The van der Waals surface area contributed by atoms with Crippen LogP contribution in [0.2, 0.25) is 0 Å². The summed E-state index contributed by atoms with van der Waals surface area (Å²) in [6.07, 6.45) is 2.16. The summed E-state index contributed by atoms with van der Waals surface area (Å²) in [4.78, 5) is 24.0. The minimum Gasteiger partial charge on any atom is -0.493 e. The first-order valence-electron chi connectivity index (χ1n) is 10.2. The van der Waals surface area contributed by atoms with Gasteiger partial charge in [-0.25, -0.2) is 4.79 Å². The predicted molar refractivity (Wildman–Crippen MR) is 127 cm³/mol. The molecule has 0 radical (unpaired) electrons. The Bertz CT molecular complexity index is 1240. The molecule has 0 spiro atoms. The van der Waals surface area contributed by atoms with E-state index < -0.39 is 11.9 Å². The summed E-state index contributed by atoms with van der Waals surface area (Å²) >= 11 is 1.26. The van der Waals surface area contributed by atoms with Gasteiger partial charge in [0.1, 0.15) is 23.3 Å². The highest BCUT2D eigenvalue weighted by Crippen LogP contribution is 2.30. The lowest BCUT2D eigenvalue weighted by atomic mass is 10.1. The third-order valence-electron chi connectivity index (χ3n) is 4.62. The second kappa shape index (κ2) is 11.6. The standard InChI is InChI=1S/C24H22N4O5S/c1-4-21-27-28-24(34-21)26-22(29)18(13-25)11-16-7-10-19(20(12-16)31-2)33-14-15-5-8-17(9-6-15)23(30)32-3/h5-12H,4,14H2,1-3H3,(H,26,28,29)/b18-11+. The molecule has 34 heavy (non-hydrogen) atoms. The van der Waals surface area contributed by atoms with Crippen LogP contribution in [0.1, 0.15) is 33.4 Å². The highest BCUT2D eigenvalue weighted by Gasteiger charge is 2.14. The Kier molecular flexibility index (Phi) is 8.32. The second-order valence-electron chi connectivity index (χ2n) is 6.87. The molecule has 0 saturated heterocycles. The molecule has 2 aromatic carbocycles. The van der Waals surface area contributed by atoms with Crippen LogP contribution in [0.5, 0.6) is 11.5 Å². The van der Waals surface area contributed by atoms with Crippen LogP contribution in [0, 0.1) is 11.3 Å². The third kappa shape index (κ3) is 6.17. The van der Waals surface area contributed by atoms with Gasteiger partial charge in [-0.2, -0.15) is 5.26 Å². The Morgan fingerprint density at radius 3 is 2.50 bits per heavy atom. The van der Waals surface area contributed by atoms with Gasteiger partial charge in [0, 0.05) is 0 Å². The number of anilines is 1. The average molecular weight is 479 g/mol. The molecule has 1 N–H and O–H groups in total. The third-order valence-corrected chi connectivity index (χ3v) is 5.61. The molecule has 0 bridgehead atoms. The number of aryl methyl sites for hydroxylation is 1. The van der Waals surface area contributed by atoms with Crippen molar-refractivity contribution in [3.8, 4) is 17.6 Å². The number of ether oxygens (including phenoxy) is 3. The number of nitrogens with zero attached hydrogens (tertiary/aromatic N) is 3. The van der Waals surface area contributed by atoms with Gasteiger partial charge in [0.2, 0.25) is 5.13 Å². The molecule has 0 atom stereocenters. The van der Waals surface area contributed by atoms with Crippen molar-refractivity contribution in [1.29, 1.82) is 5.26 Å². The molecular formula is C24H22N4O5S. The summed E-state index contributed by atoms with van der Waals surface area (Å²) in [5.41, 5.74) is 1.80. The predicted octanol–water partition coefficient (Wildman–Crippen LogP) is 4.02. The van der Waals surface area contributed by atoms with Crippen LogP contribution in [0.4, 0.5) is 5.13 Å². The molecule has 9 nitrogen and oxygen atoms in total. The van der Waals surface area contributed by atoms with Crippen LogP contribution in [-0.4, -0.2) is 36.3 Å². The van der Waals surface area contributed by atoms with Crippen molar-refractivity contribution in [1.82, 2.24) is 10.2 Å². The normalized spacial score (nSPS) is 10.8. The highest BCUT2D eigenvalue weighted by molar-refractivity contribution is 7.15. The zero-order valence-corrected chi connectivity index (χ0v) is 19.6. The van der Waals surface area contributed by atoms with Gasteiger partial charge in [0.05, 0.1) is 19.8 Å². The molecule has 0 fully saturated rings. The molecule has 0 unspecified atom stereocenters. The Balaban J connectivity index is 1.70. The maximum atomic E-state index is 12.5. The summed E-state index contributed by atoms with van der Waals surface area (Å²) in [5.74, 6) is -0.0526. The lowest BCUT2D eigenvalue weighted by Crippen LogP contribution is -2.13. The number of rotatable bonds is 9. The van der Waals surface area contributed by atoms with Crippen LogP contribution in [0.25, 0.3) is 6.08 Å². The minimum atomic E-state index is -0.573. The van der Waals surface area contributed by atoms with Gasteiger partial charge in [-0.1, -0.05) is 36.5 Å². The van der Waals surface area contributed by atoms with Crippen LogP contribution < -0.4 is 14.8 Å². The fourth-order valence-electron chi connectivity index (χ4n) is 2.84. The van der Waals surface area contributed by atoms with Gasteiger partial charge in [-0.15, -0.1) is 10.2 Å². The number of hydrogen-bond donors (Lipinski definition) is 1. The monoisotopic (exact) mass is 478 g/mol. The molecule has 1 aromatic heterocycles. The van der Waals surface area contributed by atoms with Gasteiger partial charge in [0.25, 0.3) is 5.91 Å². The maximum absolute atomic E-state index is 12.5. The Morgan fingerprint density at radius 1 is 1.12 bits per heavy atom. The fraction of sp³-hybridized carbons (Fsp3) is 0.208. The lowest BCUT2D eigenvalue weighted by Gasteiger charge is -2.12. The van der Waals surface area contributed by atoms with Crippen molar-refractivity contribution in [3.05, 3.63) is 69.7 Å². The van der Waals surface area contributed by atoms with Crippen molar-refractivity contribution in [3.63, 3.8) is 0 Å². The van der Waals surface area contributed by atoms with Gasteiger partial charge in [-0.3, -0.25) is 10.1 Å². The summed E-state index contributed by atoms with van der Waals surface area (Å²) in [6, 6.07) is 13.8. The summed E-state index contributed by atoms with van der Waals surface area (Å²) in [6.45, 7) is 2.19. The first-order valence-corrected chi connectivity index (χ1v) is 11.0. The number of amides is 1. The van der Waals surface area contributed by atoms with E-state index in [2.05, 4.69) is 15.5 Å². The molecule has 0 aliphatic rings. The molecule has 0 saturated carbocycles. The Morgan fingerprint density at radius 2 is 1.88 bits per heavy atom. The number of aromatic nitrogens is 2. The first-order chi connectivity index (χ1) is 16.5. The largest absolute Gasteiger partial charge is 0.493 e. The molecule has 3 rings (SSSR count). The topological polar surface area (TPSA) is 123 Å². The van der Waals surface area contributed by atoms with Crippen molar-refractivity contribution in [2.45, 2.75) is 20.0 Å². The highest BCUT2D eigenvalue weighted by atomic mass is 32.1. The smallest absolute Gasteiger partial charge is 0.337 e. The van der Waals surface area contributed by atoms with E-state index >= 15 is 0 Å². The van der Waals surface area contributed by atoms with Crippen LogP contribution in [0.15, 0.2) is 48.0 Å². The minimum absolute atomic E-state index is 0.0883. The van der Waals surface area contributed by atoms with E-state index in [4.69, 9.17) is 14.2 Å². The first kappa shape index (κ1) is 24.4. The van der Waals surface area contributed by atoms with Crippen molar-refractivity contribution in [2.24, 2.45) is 0 Å². The van der Waals surface area contributed by atoms with Gasteiger partial charge < -0.3 is 14.2 Å². The van der Waals surface area contributed by atoms with E-state index in [1.165, 1.54) is 31.6 Å².